The van der Waals surface area contributed by atoms with Gasteiger partial charge in [-0.3, -0.25) is 4.90 Å². The van der Waals surface area contributed by atoms with Gasteiger partial charge in [0.05, 0.1) is 5.56 Å². The maximum atomic E-state index is 13.3. The van der Waals surface area contributed by atoms with Gasteiger partial charge in [-0.2, -0.15) is 13.2 Å². The van der Waals surface area contributed by atoms with Crippen molar-refractivity contribution in [2.24, 2.45) is 5.92 Å². The third kappa shape index (κ3) is 5.11. The van der Waals surface area contributed by atoms with E-state index in [1.807, 2.05) is 7.05 Å². The molecule has 0 aliphatic carbocycles. The van der Waals surface area contributed by atoms with Gasteiger partial charge in [0, 0.05) is 13.1 Å². The summed E-state index contributed by atoms with van der Waals surface area (Å²) in [6.45, 7) is 3.08. The molecule has 1 aromatic rings. The highest BCUT2D eigenvalue weighted by atomic mass is 35.5. The first-order valence-corrected chi connectivity index (χ1v) is 7.12. The normalized spacial score (nSPS) is 19.8. The van der Waals surface area contributed by atoms with Crippen LogP contribution in [0.1, 0.15) is 24.0 Å². The van der Waals surface area contributed by atoms with Crippen LogP contribution in [0.3, 0.4) is 0 Å². The Hall–Kier alpha value is -0.850. The zero-order valence-corrected chi connectivity index (χ0v) is 13.2. The summed E-state index contributed by atoms with van der Waals surface area (Å²) in [6, 6.07) is 3.27. The Bertz CT molecular complexity index is 477. The highest BCUT2D eigenvalue weighted by Crippen LogP contribution is 2.32. The lowest BCUT2D eigenvalue weighted by Crippen LogP contribution is -2.38. The minimum absolute atomic E-state index is 0. The van der Waals surface area contributed by atoms with Gasteiger partial charge in [0.25, 0.3) is 0 Å². The molecule has 0 spiro atoms. The number of alkyl halides is 3. The van der Waals surface area contributed by atoms with E-state index in [0.29, 0.717) is 18.0 Å². The number of hydrogen-bond donors (Lipinski definition) is 1. The minimum atomic E-state index is -4.64. The molecule has 1 aliphatic rings. The van der Waals surface area contributed by atoms with Gasteiger partial charge in [-0.1, -0.05) is 6.07 Å². The van der Waals surface area contributed by atoms with Gasteiger partial charge in [0.1, 0.15) is 5.82 Å². The van der Waals surface area contributed by atoms with Gasteiger partial charge in [0.2, 0.25) is 0 Å². The van der Waals surface area contributed by atoms with Gasteiger partial charge >= 0.3 is 6.18 Å². The van der Waals surface area contributed by atoms with Gasteiger partial charge < -0.3 is 5.32 Å². The second-order valence-corrected chi connectivity index (χ2v) is 5.61. The van der Waals surface area contributed by atoms with Crippen molar-refractivity contribution in [3.8, 4) is 0 Å². The largest absolute Gasteiger partial charge is 0.419 e. The standard InChI is InChI=1S/C15H20F4N2.ClH/c1-20-8-12-3-2-6-21(10-12)9-11-4-5-14(16)13(7-11)15(17,18)19;/h4-5,7,12,20H,2-3,6,8-10H2,1H3;1H. The monoisotopic (exact) mass is 340 g/mol. The topological polar surface area (TPSA) is 15.3 Å². The zero-order chi connectivity index (χ0) is 15.5. The Morgan fingerprint density at radius 3 is 2.68 bits per heavy atom. The SMILES string of the molecule is CNCC1CCCN(Cc2ccc(F)c(C(F)(F)F)c2)C1.Cl. The summed E-state index contributed by atoms with van der Waals surface area (Å²) in [5, 5.41) is 3.13. The number of likely N-dealkylation sites (tertiary alicyclic amines) is 1. The predicted molar refractivity (Wildman–Crippen MR) is 80.6 cm³/mol. The average Bonchev–Trinajstić information content (AvgIpc) is 2.40. The van der Waals surface area contributed by atoms with Crippen LogP contribution in [0.4, 0.5) is 17.6 Å². The molecule has 0 radical (unpaired) electrons. The molecule has 1 atom stereocenters. The van der Waals surface area contributed by atoms with Crippen molar-refractivity contribution >= 4 is 12.4 Å². The number of halogens is 5. The summed E-state index contributed by atoms with van der Waals surface area (Å²) in [7, 11) is 1.90. The van der Waals surface area contributed by atoms with Crippen molar-refractivity contribution < 1.29 is 17.6 Å². The van der Waals surface area contributed by atoms with Crippen molar-refractivity contribution in [2.45, 2.75) is 25.6 Å². The summed E-state index contributed by atoms with van der Waals surface area (Å²) < 4.78 is 51.4. The molecule has 1 unspecified atom stereocenters. The first kappa shape index (κ1) is 19.2. The zero-order valence-electron chi connectivity index (χ0n) is 12.4. The summed E-state index contributed by atoms with van der Waals surface area (Å²) in [6.07, 6.45) is -2.47. The van der Waals surface area contributed by atoms with Crippen LogP contribution in [0.5, 0.6) is 0 Å². The Labute approximate surface area is 134 Å². The quantitative estimate of drug-likeness (QED) is 0.841. The van der Waals surface area contributed by atoms with Crippen LogP contribution in [0.25, 0.3) is 0 Å². The van der Waals surface area contributed by atoms with Crippen LogP contribution in [0, 0.1) is 11.7 Å². The van der Waals surface area contributed by atoms with Crippen molar-refractivity contribution in [2.75, 3.05) is 26.7 Å². The molecule has 1 fully saturated rings. The Balaban J connectivity index is 0.00000242. The maximum Gasteiger partial charge on any atom is 0.419 e. The predicted octanol–water partition coefficient (Wildman–Crippen LogP) is 3.70. The van der Waals surface area contributed by atoms with Gasteiger partial charge in [-0.15, -0.1) is 12.4 Å². The molecule has 126 valence electrons. The Kier molecular flexibility index (Phi) is 7.09. The van der Waals surface area contributed by atoms with Crippen LogP contribution in [-0.4, -0.2) is 31.6 Å². The molecule has 0 amide bonds. The van der Waals surface area contributed by atoms with Crippen molar-refractivity contribution in [3.63, 3.8) is 0 Å². The molecule has 1 heterocycles. The van der Waals surface area contributed by atoms with Crippen molar-refractivity contribution in [1.29, 1.82) is 0 Å². The average molecular weight is 341 g/mol. The van der Waals surface area contributed by atoms with E-state index >= 15 is 0 Å². The van der Waals surface area contributed by atoms with Crippen molar-refractivity contribution in [1.82, 2.24) is 10.2 Å². The van der Waals surface area contributed by atoms with Gasteiger partial charge in [-0.05, 0) is 56.6 Å². The maximum absolute atomic E-state index is 13.3. The Morgan fingerprint density at radius 2 is 2.05 bits per heavy atom. The first-order valence-electron chi connectivity index (χ1n) is 7.12. The molecule has 0 bridgehead atoms. The molecule has 22 heavy (non-hydrogen) atoms. The first-order chi connectivity index (χ1) is 9.90. The van der Waals surface area contributed by atoms with Crippen LogP contribution in [-0.2, 0) is 12.7 Å². The molecule has 1 aromatic carbocycles. The molecule has 1 saturated heterocycles. The molecule has 1 aliphatic heterocycles. The fraction of sp³-hybridized carbons (Fsp3) is 0.600. The third-order valence-electron chi connectivity index (χ3n) is 3.84. The fourth-order valence-corrected chi connectivity index (χ4v) is 2.90. The van der Waals surface area contributed by atoms with E-state index in [-0.39, 0.29) is 12.4 Å². The van der Waals surface area contributed by atoms with Crippen LogP contribution in [0.15, 0.2) is 18.2 Å². The van der Waals surface area contributed by atoms with Crippen molar-refractivity contribution in [3.05, 3.63) is 35.1 Å². The van der Waals surface area contributed by atoms with E-state index in [0.717, 1.165) is 44.6 Å². The highest BCUT2D eigenvalue weighted by molar-refractivity contribution is 5.85. The Morgan fingerprint density at radius 1 is 1.32 bits per heavy atom. The van der Waals surface area contributed by atoms with Crippen LogP contribution < -0.4 is 5.32 Å². The molecule has 2 rings (SSSR count). The molecular formula is C15H21ClF4N2. The van der Waals surface area contributed by atoms with E-state index in [2.05, 4.69) is 10.2 Å². The number of rotatable bonds is 4. The number of benzene rings is 1. The number of nitrogens with zero attached hydrogens (tertiary/aromatic N) is 1. The molecule has 7 heteroatoms. The molecule has 2 nitrogen and oxygen atoms in total. The van der Waals surface area contributed by atoms with E-state index < -0.39 is 17.6 Å². The van der Waals surface area contributed by atoms with Crippen LogP contribution in [0.2, 0.25) is 0 Å². The fourth-order valence-electron chi connectivity index (χ4n) is 2.90. The second kappa shape index (κ2) is 8.13. The van der Waals surface area contributed by atoms with Crippen LogP contribution >= 0.6 is 12.4 Å². The highest BCUT2D eigenvalue weighted by Gasteiger charge is 2.34. The summed E-state index contributed by atoms with van der Waals surface area (Å²) in [5.74, 6) is -0.691. The lowest BCUT2D eigenvalue weighted by atomic mass is 9.97. The van der Waals surface area contributed by atoms with Gasteiger partial charge in [-0.25, -0.2) is 4.39 Å². The van der Waals surface area contributed by atoms with Gasteiger partial charge in [0.15, 0.2) is 0 Å². The van der Waals surface area contributed by atoms with E-state index in [1.165, 1.54) is 6.07 Å². The number of piperidine rings is 1. The smallest absolute Gasteiger partial charge is 0.319 e. The van der Waals surface area contributed by atoms with E-state index in [4.69, 9.17) is 0 Å². The molecule has 0 aromatic heterocycles. The molecule has 1 N–H and O–H groups in total. The lowest BCUT2D eigenvalue weighted by Gasteiger charge is -2.32. The number of hydrogen-bond acceptors (Lipinski definition) is 2. The lowest BCUT2D eigenvalue weighted by molar-refractivity contribution is -0.140. The molecular weight excluding hydrogens is 320 g/mol. The summed E-state index contributed by atoms with van der Waals surface area (Å²) >= 11 is 0. The second-order valence-electron chi connectivity index (χ2n) is 5.61. The minimum Gasteiger partial charge on any atom is -0.319 e. The molecule has 0 saturated carbocycles. The van der Waals surface area contributed by atoms with E-state index in [1.54, 1.807) is 0 Å². The summed E-state index contributed by atoms with van der Waals surface area (Å²) in [4.78, 5) is 2.14. The summed E-state index contributed by atoms with van der Waals surface area (Å²) in [5.41, 5.74) is -0.669. The van der Waals surface area contributed by atoms with E-state index in [9.17, 15) is 17.6 Å². The number of nitrogens with one attached hydrogen (secondary N) is 1. The third-order valence-corrected chi connectivity index (χ3v) is 3.84.